The summed E-state index contributed by atoms with van der Waals surface area (Å²) in [6.45, 7) is 1.42. The molecule has 0 saturated heterocycles. The summed E-state index contributed by atoms with van der Waals surface area (Å²) in [5, 5.41) is 3.03. The number of nitrogens with zero attached hydrogens (tertiary/aromatic N) is 2. The maximum absolute atomic E-state index is 12.3. The summed E-state index contributed by atoms with van der Waals surface area (Å²) in [5.41, 5.74) is 4.38. The third-order valence-corrected chi connectivity index (χ3v) is 5.34. The molecular formula is C26H27N3O2. The average molecular weight is 414 g/mol. The van der Waals surface area contributed by atoms with Crippen molar-refractivity contribution in [3.63, 3.8) is 0 Å². The molecule has 1 aromatic heterocycles. The molecular weight excluding hydrogens is 386 g/mol. The summed E-state index contributed by atoms with van der Waals surface area (Å²) in [6, 6.07) is 26.3. The number of aromatic nitrogens is 2. The van der Waals surface area contributed by atoms with Gasteiger partial charge in [0.25, 0.3) is 0 Å². The number of hydrogen-bond acceptors (Lipinski definition) is 3. The fraction of sp³-hybridized carbons (Fsp3) is 0.231. The zero-order valence-corrected chi connectivity index (χ0v) is 17.8. The van der Waals surface area contributed by atoms with Crippen LogP contribution in [0.25, 0.3) is 11.0 Å². The van der Waals surface area contributed by atoms with Gasteiger partial charge in [-0.15, -0.1) is 0 Å². The Morgan fingerprint density at radius 1 is 0.935 bits per heavy atom. The molecule has 0 aliphatic rings. The standard InChI is InChI=1S/C26H27N3O2/c1-31-22-15-13-20(14-16-22)18-26(30)27-17-7-12-25-28-23-10-5-6-11-24(23)29(25)19-21-8-3-2-4-9-21/h2-6,8-11,13-16H,7,12,17-19H2,1H3,(H,27,30). The number of methoxy groups -OCH3 is 1. The molecule has 4 aromatic rings. The van der Waals surface area contributed by atoms with E-state index in [4.69, 9.17) is 9.72 Å². The Morgan fingerprint density at radius 3 is 2.45 bits per heavy atom. The molecule has 31 heavy (non-hydrogen) atoms. The van der Waals surface area contributed by atoms with Crippen molar-refractivity contribution in [1.29, 1.82) is 0 Å². The normalized spacial score (nSPS) is 10.9. The number of nitrogens with one attached hydrogen (secondary N) is 1. The third kappa shape index (κ3) is 5.31. The van der Waals surface area contributed by atoms with Crippen LogP contribution in [0.15, 0.2) is 78.9 Å². The molecule has 158 valence electrons. The number of rotatable bonds is 9. The minimum absolute atomic E-state index is 0.0305. The maximum atomic E-state index is 12.3. The first kappa shape index (κ1) is 20.7. The van der Waals surface area contributed by atoms with Crippen LogP contribution in [0.2, 0.25) is 0 Å². The van der Waals surface area contributed by atoms with Gasteiger partial charge in [-0.1, -0.05) is 54.6 Å². The van der Waals surface area contributed by atoms with Gasteiger partial charge in [0.1, 0.15) is 11.6 Å². The van der Waals surface area contributed by atoms with E-state index in [2.05, 4.69) is 52.3 Å². The van der Waals surface area contributed by atoms with Gasteiger partial charge in [0, 0.05) is 19.5 Å². The van der Waals surface area contributed by atoms with Gasteiger partial charge in [-0.3, -0.25) is 4.79 Å². The van der Waals surface area contributed by atoms with Crippen LogP contribution in [-0.4, -0.2) is 29.1 Å². The number of para-hydroxylation sites is 2. The number of carbonyl (C=O) groups is 1. The fourth-order valence-electron chi connectivity index (χ4n) is 3.72. The Labute approximate surface area is 182 Å². The minimum Gasteiger partial charge on any atom is -0.497 e. The predicted octanol–water partition coefficient (Wildman–Crippen LogP) is 4.38. The number of benzene rings is 3. The van der Waals surface area contributed by atoms with Crippen molar-refractivity contribution in [3.8, 4) is 5.75 Å². The van der Waals surface area contributed by atoms with Crippen molar-refractivity contribution >= 4 is 16.9 Å². The summed E-state index contributed by atoms with van der Waals surface area (Å²) in [7, 11) is 1.63. The number of ether oxygens (including phenoxy) is 1. The highest BCUT2D eigenvalue weighted by Crippen LogP contribution is 2.19. The maximum Gasteiger partial charge on any atom is 0.224 e. The molecule has 1 amide bonds. The molecule has 5 heteroatoms. The van der Waals surface area contributed by atoms with Crippen molar-refractivity contribution in [1.82, 2.24) is 14.9 Å². The molecule has 0 saturated carbocycles. The lowest BCUT2D eigenvalue weighted by Gasteiger charge is -2.10. The Balaban J connectivity index is 1.35. The molecule has 0 atom stereocenters. The van der Waals surface area contributed by atoms with Gasteiger partial charge in [-0.2, -0.15) is 0 Å². The molecule has 4 rings (SSSR count). The minimum atomic E-state index is 0.0305. The van der Waals surface area contributed by atoms with E-state index in [-0.39, 0.29) is 5.91 Å². The number of fused-ring (bicyclic) bond motifs is 1. The van der Waals surface area contributed by atoms with E-state index in [0.29, 0.717) is 13.0 Å². The summed E-state index contributed by atoms with van der Waals surface area (Å²) in [6.07, 6.45) is 2.02. The number of aryl methyl sites for hydroxylation is 1. The van der Waals surface area contributed by atoms with E-state index in [1.165, 1.54) is 5.56 Å². The number of carbonyl (C=O) groups excluding carboxylic acids is 1. The van der Waals surface area contributed by atoms with Gasteiger partial charge in [0.15, 0.2) is 0 Å². The summed E-state index contributed by atoms with van der Waals surface area (Å²) in [5.74, 6) is 1.87. The fourth-order valence-corrected chi connectivity index (χ4v) is 3.72. The quantitative estimate of drug-likeness (QED) is 0.414. The predicted molar refractivity (Wildman–Crippen MR) is 123 cm³/mol. The molecule has 1 heterocycles. The highest BCUT2D eigenvalue weighted by molar-refractivity contribution is 5.78. The number of imidazole rings is 1. The van der Waals surface area contributed by atoms with E-state index in [1.807, 2.05) is 36.4 Å². The smallest absolute Gasteiger partial charge is 0.224 e. The first-order valence-corrected chi connectivity index (χ1v) is 10.6. The molecule has 0 fully saturated rings. The molecule has 0 unspecified atom stereocenters. The summed E-state index contributed by atoms with van der Waals surface area (Å²) >= 11 is 0. The molecule has 0 aliphatic heterocycles. The lowest BCUT2D eigenvalue weighted by Crippen LogP contribution is -2.26. The van der Waals surface area contributed by atoms with Gasteiger partial charge >= 0.3 is 0 Å². The molecule has 0 radical (unpaired) electrons. The molecule has 3 aromatic carbocycles. The average Bonchev–Trinajstić information content (AvgIpc) is 3.15. The van der Waals surface area contributed by atoms with Crippen LogP contribution in [0.5, 0.6) is 5.75 Å². The van der Waals surface area contributed by atoms with Gasteiger partial charge in [0.05, 0.1) is 24.6 Å². The summed E-state index contributed by atoms with van der Waals surface area (Å²) in [4.78, 5) is 17.1. The number of hydrogen-bond donors (Lipinski definition) is 1. The highest BCUT2D eigenvalue weighted by atomic mass is 16.5. The molecule has 0 bridgehead atoms. The van der Waals surface area contributed by atoms with Gasteiger partial charge in [0.2, 0.25) is 5.91 Å². The van der Waals surface area contributed by atoms with Crippen LogP contribution >= 0.6 is 0 Å². The largest absolute Gasteiger partial charge is 0.497 e. The first-order valence-electron chi connectivity index (χ1n) is 10.6. The lowest BCUT2D eigenvalue weighted by atomic mass is 10.1. The van der Waals surface area contributed by atoms with Crippen molar-refractivity contribution < 1.29 is 9.53 Å². The second-order valence-electron chi connectivity index (χ2n) is 7.57. The van der Waals surface area contributed by atoms with Crippen LogP contribution in [0, 0.1) is 0 Å². The highest BCUT2D eigenvalue weighted by Gasteiger charge is 2.11. The van der Waals surface area contributed by atoms with Crippen LogP contribution in [0.1, 0.15) is 23.4 Å². The van der Waals surface area contributed by atoms with E-state index in [1.54, 1.807) is 7.11 Å². The van der Waals surface area contributed by atoms with Crippen LogP contribution in [0.3, 0.4) is 0 Å². The monoisotopic (exact) mass is 413 g/mol. The van der Waals surface area contributed by atoms with E-state index in [0.717, 1.165) is 47.6 Å². The second kappa shape index (κ2) is 9.94. The lowest BCUT2D eigenvalue weighted by molar-refractivity contribution is -0.120. The van der Waals surface area contributed by atoms with E-state index < -0.39 is 0 Å². The van der Waals surface area contributed by atoms with Crippen LogP contribution < -0.4 is 10.1 Å². The second-order valence-corrected chi connectivity index (χ2v) is 7.57. The topological polar surface area (TPSA) is 56.1 Å². The molecule has 0 aliphatic carbocycles. The third-order valence-electron chi connectivity index (χ3n) is 5.34. The molecule has 1 N–H and O–H groups in total. The van der Waals surface area contributed by atoms with E-state index >= 15 is 0 Å². The van der Waals surface area contributed by atoms with Crippen molar-refractivity contribution in [2.75, 3.05) is 13.7 Å². The van der Waals surface area contributed by atoms with Crippen molar-refractivity contribution in [2.45, 2.75) is 25.8 Å². The van der Waals surface area contributed by atoms with Crippen LogP contribution in [-0.2, 0) is 24.2 Å². The zero-order valence-electron chi connectivity index (χ0n) is 17.8. The summed E-state index contributed by atoms with van der Waals surface area (Å²) < 4.78 is 7.44. The zero-order chi connectivity index (χ0) is 21.5. The van der Waals surface area contributed by atoms with Gasteiger partial charge < -0.3 is 14.6 Å². The molecule has 5 nitrogen and oxygen atoms in total. The van der Waals surface area contributed by atoms with Crippen LogP contribution in [0.4, 0.5) is 0 Å². The SMILES string of the molecule is COc1ccc(CC(=O)NCCCc2nc3ccccc3n2Cc2ccccc2)cc1. The Morgan fingerprint density at radius 2 is 1.68 bits per heavy atom. The molecule has 0 spiro atoms. The van der Waals surface area contributed by atoms with Crippen molar-refractivity contribution in [3.05, 3.63) is 95.8 Å². The Kier molecular flexibility index (Phi) is 6.62. The first-order chi connectivity index (χ1) is 15.2. The van der Waals surface area contributed by atoms with E-state index in [9.17, 15) is 4.79 Å². The van der Waals surface area contributed by atoms with Crippen molar-refractivity contribution in [2.24, 2.45) is 0 Å². The Bertz CT molecular complexity index is 1130. The van der Waals surface area contributed by atoms with Gasteiger partial charge in [-0.25, -0.2) is 4.98 Å². The Hall–Kier alpha value is -3.60. The number of amides is 1. The van der Waals surface area contributed by atoms with Gasteiger partial charge in [-0.05, 0) is 41.8 Å².